The minimum Gasteiger partial charge on any atom is -0.362 e. The molecular formula is C22H26FN5O2S. The van der Waals surface area contributed by atoms with Gasteiger partial charge in [0.15, 0.2) is 0 Å². The van der Waals surface area contributed by atoms with Crippen molar-refractivity contribution in [2.45, 2.75) is 17.7 Å². The monoisotopic (exact) mass is 443 g/mol. The second-order valence-electron chi connectivity index (χ2n) is 8.00. The van der Waals surface area contributed by atoms with Gasteiger partial charge < -0.3 is 9.80 Å². The molecule has 1 saturated heterocycles. The maximum atomic E-state index is 13.1. The molecule has 0 radical (unpaired) electrons. The van der Waals surface area contributed by atoms with Crippen molar-refractivity contribution in [3.63, 3.8) is 0 Å². The number of anilines is 2. The molecule has 164 valence electrons. The predicted molar refractivity (Wildman–Crippen MR) is 120 cm³/mol. The average molecular weight is 444 g/mol. The number of halogens is 1. The van der Waals surface area contributed by atoms with Crippen LogP contribution < -0.4 is 14.5 Å². The molecule has 31 heavy (non-hydrogen) atoms. The summed E-state index contributed by atoms with van der Waals surface area (Å²) < 4.78 is 40.6. The lowest BCUT2D eigenvalue weighted by Gasteiger charge is -2.32. The number of piperidine rings is 1. The zero-order valence-corrected chi connectivity index (χ0v) is 18.4. The third-order valence-electron chi connectivity index (χ3n) is 5.58. The Hall–Kier alpha value is -2.78. The van der Waals surface area contributed by atoms with Crippen molar-refractivity contribution in [3.8, 4) is 0 Å². The molecule has 0 aliphatic carbocycles. The molecule has 1 fully saturated rings. The molecule has 1 aliphatic rings. The lowest BCUT2D eigenvalue weighted by atomic mass is 9.97. The smallest absolute Gasteiger partial charge is 0.240 e. The lowest BCUT2D eigenvalue weighted by molar-refractivity contribution is 0.399. The molecule has 0 amide bonds. The van der Waals surface area contributed by atoms with E-state index in [0.717, 1.165) is 54.8 Å². The molecule has 0 atom stereocenters. The first kappa shape index (κ1) is 21.5. The zero-order valence-electron chi connectivity index (χ0n) is 17.6. The van der Waals surface area contributed by atoms with Crippen LogP contribution in [0.5, 0.6) is 0 Å². The molecule has 0 unspecified atom stereocenters. The third-order valence-corrected chi connectivity index (χ3v) is 7.02. The number of aromatic nitrogens is 2. The Morgan fingerprint density at radius 3 is 2.42 bits per heavy atom. The Bertz CT molecular complexity index is 1160. The highest BCUT2D eigenvalue weighted by Crippen LogP contribution is 2.27. The minimum atomic E-state index is -3.64. The van der Waals surface area contributed by atoms with Crippen LogP contribution in [-0.4, -0.2) is 52.1 Å². The molecule has 0 bridgehead atoms. The number of hydrogen-bond donors (Lipinski definition) is 1. The van der Waals surface area contributed by atoms with Crippen molar-refractivity contribution in [2.24, 2.45) is 5.92 Å². The molecule has 2 heterocycles. The Morgan fingerprint density at radius 1 is 1.06 bits per heavy atom. The third kappa shape index (κ3) is 4.77. The van der Waals surface area contributed by atoms with Crippen LogP contribution >= 0.6 is 0 Å². The fourth-order valence-corrected chi connectivity index (χ4v) is 4.91. The quantitative estimate of drug-likeness (QED) is 0.631. The molecule has 0 saturated carbocycles. The van der Waals surface area contributed by atoms with E-state index < -0.39 is 15.8 Å². The summed E-state index contributed by atoms with van der Waals surface area (Å²) in [7, 11) is 0.298. The Labute approximate surface area is 182 Å². The Morgan fingerprint density at radius 2 is 1.74 bits per heavy atom. The molecule has 7 nitrogen and oxygen atoms in total. The van der Waals surface area contributed by atoms with Crippen molar-refractivity contribution < 1.29 is 12.8 Å². The van der Waals surface area contributed by atoms with E-state index in [2.05, 4.69) is 9.62 Å². The van der Waals surface area contributed by atoms with E-state index in [0.29, 0.717) is 12.5 Å². The topological polar surface area (TPSA) is 78.4 Å². The summed E-state index contributed by atoms with van der Waals surface area (Å²) in [5, 5.41) is 1.02. The van der Waals surface area contributed by atoms with E-state index >= 15 is 0 Å². The standard InChI is InChI=1S/C22H26FN5O2S/c1-27(2)21-19-5-3-4-6-20(19)25-22(26-21)28-13-11-16(12-14-28)15-24-31(29,30)18-9-7-17(23)8-10-18/h3-10,16,24H,11-15H2,1-2H3. The highest BCUT2D eigenvalue weighted by atomic mass is 32.2. The summed E-state index contributed by atoms with van der Waals surface area (Å²) in [4.78, 5) is 13.7. The Kier molecular flexibility index (Phi) is 6.06. The van der Waals surface area contributed by atoms with Crippen molar-refractivity contribution in [3.05, 3.63) is 54.3 Å². The van der Waals surface area contributed by atoms with Gasteiger partial charge in [0, 0.05) is 39.1 Å². The van der Waals surface area contributed by atoms with Gasteiger partial charge in [0.05, 0.1) is 10.4 Å². The maximum absolute atomic E-state index is 13.1. The predicted octanol–water partition coefficient (Wildman–Crippen LogP) is 3.03. The van der Waals surface area contributed by atoms with Gasteiger partial charge in [-0.3, -0.25) is 0 Å². The second-order valence-corrected chi connectivity index (χ2v) is 9.76. The van der Waals surface area contributed by atoms with E-state index in [1.165, 1.54) is 12.1 Å². The first-order chi connectivity index (χ1) is 14.8. The van der Waals surface area contributed by atoms with Crippen LogP contribution in [0.3, 0.4) is 0 Å². The SMILES string of the molecule is CN(C)c1nc(N2CCC(CNS(=O)(=O)c3ccc(F)cc3)CC2)nc2ccccc12. The van der Waals surface area contributed by atoms with E-state index in [1.807, 2.05) is 43.3 Å². The minimum absolute atomic E-state index is 0.0760. The number of para-hydroxylation sites is 1. The number of sulfonamides is 1. The molecule has 1 N–H and O–H groups in total. The molecule has 3 aromatic rings. The highest BCUT2D eigenvalue weighted by Gasteiger charge is 2.24. The van der Waals surface area contributed by atoms with Crippen LogP contribution in [0.2, 0.25) is 0 Å². The summed E-state index contributed by atoms with van der Waals surface area (Å²) in [6.07, 6.45) is 1.67. The van der Waals surface area contributed by atoms with Crippen LogP contribution in [0.15, 0.2) is 53.4 Å². The van der Waals surface area contributed by atoms with E-state index in [4.69, 9.17) is 9.97 Å². The first-order valence-electron chi connectivity index (χ1n) is 10.3. The van der Waals surface area contributed by atoms with Crippen LogP contribution in [-0.2, 0) is 10.0 Å². The van der Waals surface area contributed by atoms with Crippen molar-refractivity contribution >= 4 is 32.7 Å². The highest BCUT2D eigenvalue weighted by molar-refractivity contribution is 7.89. The molecule has 9 heteroatoms. The van der Waals surface area contributed by atoms with Gasteiger partial charge in [-0.15, -0.1) is 0 Å². The molecular weight excluding hydrogens is 417 g/mol. The molecule has 4 rings (SSSR count). The summed E-state index contributed by atoms with van der Waals surface area (Å²) in [5.74, 6) is 1.35. The van der Waals surface area contributed by atoms with Crippen LogP contribution in [0.1, 0.15) is 12.8 Å². The van der Waals surface area contributed by atoms with Crippen molar-refractivity contribution in [2.75, 3.05) is 43.5 Å². The maximum Gasteiger partial charge on any atom is 0.240 e. The van der Waals surface area contributed by atoms with Crippen LogP contribution in [0.4, 0.5) is 16.2 Å². The number of hydrogen-bond acceptors (Lipinski definition) is 6. The van der Waals surface area contributed by atoms with Gasteiger partial charge in [-0.05, 0) is 55.2 Å². The second kappa shape index (κ2) is 8.76. The Balaban J connectivity index is 1.40. The summed E-state index contributed by atoms with van der Waals surface area (Å²) >= 11 is 0. The number of rotatable bonds is 6. The average Bonchev–Trinajstić information content (AvgIpc) is 2.77. The van der Waals surface area contributed by atoms with E-state index in [9.17, 15) is 12.8 Å². The summed E-state index contributed by atoms with van der Waals surface area (Å²) in [6, 6.07) is 12.8. The fraction of sp³-hybridized carbons (Fsp3) is 0.364. The van der Waals surface area contributed by atoms with Crippen LogP contribution in [0, 0.1) is 11.7 Å². The van der Waals surface area contributed by atoms with Gasteiger partial charge in [-0.25, -0.2) is 22.5 Å². The van der Waals surface area contributed by atoms with Gasteiger partial charge in [-0.2, -0.15) is 4.98 Å². The van der Waals surface area contributed by atoms with E-state index in [1.54, 1.807) is 0 Å². The fourth-order valence-electron chi connectivity index (χ4n) is 3.79. The summed E-state index contributed by atoms with van der Waals surface area (Å²) in [6.45, 7) is 1.87. The normalized spacial score (nSPS) is 15.4. The molecule has 0 spiro atoms. The number of nitrogens with one attached hydrogen (secondary N) is 1. The number of benzene rings is 2. The first-order valence-corrected chi connectivity index (χ1v) is 11.8. The van der Waals surface area contributed by atoms with Gasteiger partial charge in [0.2, 0.25) is 16.0 Å². The van der Waals surface area contributed by atoms with Crippen molar-refractivity contribution in [1.29, 1.82) is 0 Å². The molecule has 1 aliphatic heterocycles. The molecule has 1 aromatic heterocycles. The summed E-state index contributed by atoms with van der Waals surface area (Å²) in [5.41, 5.74) is 0.908. The lowest BCUT2D eigenvalue weighted by Crippen LogP contribution is -2.39. The van der Waals surface area contributed by atoms with Crippen molar-refractivity contribution in [1.82, 2.24) is 14.7 Å². The van der Waals surface area contributed by atoms with Gasteiger partial charge in [0.25, 0.3) is 0 Å². The number of fused-ring (bicyclic) bond motifs is 1. The van der Waals surface area contributed by atoms with Gasteiger partial charge in [0.1, 0.15) is 11.6 Å². The van der Waals surface area contributed by atoms with Gasteiger partial charge >= 0.3 is 0 Å². The van der Waals surface area contributed by atoms with Gasteiger partial charge in [-0.1, -0.05) is 12.1 Å². The molecule has 2 aromatic carbocycles. The van der Waals surface area contributed by atoms with Crippen LogP contribution in [0.25, 0.3) is 10.9 Å². The largest absolute Gasteiger partial charge is 0.362 e. The number of nitrogens with zero attached hydrogens (tertiary/aromatic N) is 4. The van der Waals surface area contributed by atoms with E-state index in [-0.39, 0.29) is 10.8 Å². The zero-order chi connectivity index (χ0) is 22.0.